The minimum absolute atomic E-state index is 0.0183. The topological polar surface area (TPSA) is 72.6 Å². The summed E-state index contributed by atoms with van der Waals surface area (Å²) < 4.78 is 8.30. The number of aryl methyl sites for hydroxylation is 1. The van der Waals surface area contributed by atoms with Gasteiger partial charge in [0.1, 0.15) is 11.2 Å². The maximum atomic E-state index is 13.4. The van der Waals surface area contributed by atoms with Crippen molar-refractivity contribution in [2.24, 2.45) is 0 Å². The molecule has 1 aromatic carbocycles. The molecule has 33 heavy (non-hydrogen) atoms. The molecule has 1 fully saturated rings. The van der Waals surface area contributed by atoms with Gasteiger partial charge in [-0.2, -0.15) is 0 Å². The normalized spacial score (nSPS) is 17.3. The molecule has 5 heterocycles. The molecule has 7 nitrogen and oxygen atoms in total. The molecule has 0 bridgehead atoms. The Balaban J connectivity index is 1.28. The number of ether oxygens (including phenoxy) is 1. The SMILES string of the molecule is Cc1cn2cccc(C(=O)N3CCC4(CC3)OCCc3cnc(-c5ccccc5)nc34)c2n1. The van der Waals surface area contributed by atoms with E-state index < -0.39 is 5.60 Å². The van der Waals surface area contributed by atoms with Crippen LogP contribution in [0.2, 0.25) is 0 Å². The summed E-state index contributed by atoms with van der Waals surface area (Å²) in [5, 5.41) is 0. The Morgan fingerprint density at radius 2 is 1.88 bits per heavy atom. The number of benzene rings is 1. The van der Waals surface area contributed by atoms with Crippen molar-refractivity contribution in [2.45, 2.75) is 31.8 Å². The Morgan fingerprint density at radius 1 is 1.06 bits per heavy atom. The second kappa shape index (κ2) is 7.78. The number of imidazole rings is 1. The fraction of sp³-hybridized carbons (Fsp3) is 0.308. The van der Waals surface area contributed by atoms with Crippen LogP contribution in [0.15, 0.2) is 61.1 Å². The molecular formula is C26H25N5O2. The standard InChI is InChI=1S/C26H25N5O2/c1-18-17-31-12-5-8-21(24(31)28-18)25(32)30-13-10-26(11-14-30)22-20(9-15-33-26)16-27-23(29-22)19-6-3-2-4-7-19/h2-8,12,16-17H,9-11,13-15H2,1H3. The van der Waals surface area contributed by atoms with E-state index >= 15 is 0 Å². The smallest absolute Gasteiger partial charge is 0.257 e. The van der Waals surface area contributed by atoms with Crippen molar-refractivity contribution in [1.29, 1.82) is 0 Å². The fourth-order valence-corrected chi connectivity index (χ4v) is 5.06. The summed E-state index contributed by atoms with van der Waals surface area (Å²) in [6.07, 6.45) is 8.06. The van der Waals surface area contributed by atoms with E-state index in [1.807, 2.05) is 77.3 Å². The number of piperidine rings is 1. The van der Waals surface area contributed by atoms with Gasteiger partial charge in [-0.05, 0) is 43.9 Å². The van der Waals surface area contributed by atoms with Crippen LogP contribution in [0.5, 0.6) is 0 Å². The van der Waals surface area contributed by atoms with Crippen LogP contribution in [0, 0.1) is 6.92 Å². The number of aromatic nitrogens is 4. The third-order valence-electron chi connectivity index (χ3n) is 6.77. The quantitative estimate of drug-likeness (QED) is 0.475. The number of pyridine rings is 1. The van der Waals surface area contributed by atoms with Gasteiger partial charge in [-0.3, -0.25) is 4.79 Å². The number of hydrogen-bond donors (Lipinski definition) is 0. The van der Waals surface area contributed by atoms with Gasteiger partial charge in [0, 0.05) is 37.2 Å². The Morgan fingerprint density at radius 3 is 2.70 bits per heavy atom. The molecule has 1 saturated heterocycles. The molecule has 3 aromatic heterocycles. The Bertz CT molecular complexity index is 1340. The molecule has 166 valence electrons. The number of carbonyl (C=O) groups excluding carboxylic acids is 1. The van der Waals surface area contributed by atoms with Crippen LogP contribution in [-0.2, 0) is 16.8 Å². The lowest BCUT2D eigenvalue weighted by Gasteiger charge is -2.44. The van der Waals surface area contributed by atoms with E-state index in [4.69, 9.17) is 9.72 Å². The lowest BCUT2D eigenvalue weighted by Crippen LogP contribution is -2.49. The number of fused-ring (bicyclic) bond motifs is 3. The van der Waals surface area contributed by atoms with Gasteiger partial charge in [0.05, 0.1) is 23.6 Å². The second-order valence-electron chi connectivity index (χ2n) is 8.85. The van der Waals surface area contributed by atoms with Crippen molar-refractivity contribution >= 4 is 11.6 Å². The first kappa shape index (κ1) is 20.1. The van der Waals surface area contributed by atoms with Crippen LogP contribution in [0.1, 0.15) is 40.2 Å². The Labute approximate surface area is 192 Å². The zero-order valence-electron chi connectivity index (χ0n) is 18.6. The maximum absolute atomic E-state index is 13.4. The maximum Gasteiger partial charge on any atom is 0.257 e. The first-order valence-corrected chi connectivity index (χ1v) is 11.4. The van der Waals surface area contributed by atoms with Crippen LogP contribution >= 0.6 is 0 Å². The van der Waals surface area contributed by atoms with Crippen LogP contribution in [0.3, 0.4) is 0 Å². The predicted octanol–water partition coefficient (Wildman–Crippen LogP) is 3.80. The van der Waals surface area contributed by atoms with Gasteiger partial charge in [-0.25, -0.2) is 15.0 Å². The van der Waals surface area contributed by atoms with Gasteiger partial charge in [0.25, 0.3) is 5.91 Å². The number of nitrogens with zero attached hydrogens (tertiary/aromatic N) is 5. The summed E-state index contributed by atoms with van der Waals surface area (Å²) >= 11 is 0. The van der Waals surface area contributed by atoms with E-state index in [1.54, 1.807) is 0 Å². The van der Waals surface area contributed by atoms with E-state index in [0.717, 1.165) is 34.8 Å². The summed E-state index contributed by atoms with van der Waals surface area (Å²) in [7, 11) is 0. The average Bonchev–Trinajstić information content (AvgIpc) is 3.25. The van der Waals surface area contributed by atoms with Crippen LogP contribution in [0.4, 0.5) is 0 Å². The van der Waals surface area contributed by atoms with Crippen molar-refractivity contribution < 1.29 is 9.53 Å². The van der Waals surface area contributed by atoms with Gasteiger partial charge in [0.15, 0.2) is 5.82 Å². The van der Waals surface area contributed by atoms with Crippen molar-refractivity contribution in [3.8, 4) is 11.4 Å². The Kier molecular flexibility index (Phi) is 4.73. The molecule has 0 unspecified atom stereocenters. The summed E-state index contributed by atoms with van der Waals surface area (Å²) in [6.45, 7) is 3.82. The fourth-order valence-electron chi connectivity index (χ4n) is 5.06. The molecule has 1 amide bonds. The van der Waals surface area contributed by atoms with Crippen LogP contribution in [-0.4, -0.2) is 49.9 Å². The zero-order chi connectivity index (χ0) is 22.4. The summed E-state index contributed by atoms with van der Waals surface area (Å²) in [5.74, 6) is 0.740. The molecule has 0 atom stereocenters. The monoisotopic (exact) mass is 439 g/mol. The van der Waals surface area contributed by atoms with Gasteiger partial charge in [-0.15, -0.1) is 0 Å². The summed E-state index contributed by atoms with van der Waals surface area (Å²) in [4.78, 5) is 29.5. The molecule has 0 saturated carbocycles. The van der Waals surface area contributed by atoms with Crippen LogP contribution in [0.25, 0.3) is 17.0 Å². The second-order valence-corrected chi connectivity index (χ2v) is 8.85. The van der Waals surface area contributed by atoms with Crippen molar-refractivity contribution in [3.05, 3.63) is 83.6 Å². The largest absolute Gasteiger partial charge is 0.368 e. The summed E-state index contributed by atoms with van der Waals surface area (Å²) in [5.41, 5.74) is 4.91. The highest BCUT2D eigenvalue weighted by atomic mass is 16.5. The van der Waals surface area contributed by atoms with Crippen molar-refractivity contribution in [2.75, 3.05) is 19.7 Å². The predicted molar refractivity (Wildman–Crippen MR) is 124 cm³/mol. The summed E-state index contributed by atoms with van der Waals surface area (Å²) in [6, 6.07) is 13.8. The first-order chi connectivity index (χ1) is 16.1. The van der Waals surface area contributed by atoms with Gasteiger partial charge < -0.3 is 14.0 Å². The lowest BCUT2D eigenvalue weighted by molar-refractivity contribution is -0.0966. The molecular weight excluding hydrogens is 414 g/mol. The van der Waals surface area contributed by atoms with Crippen molar-refractivity contribution in [1.82, 2.24) is 24.3 Å². The van der Waals surface area contributed by atoms with Gasteiger partial charge in [0.2, 0.25) is 0 Å². The van der Waals surface area contributed by atoms with E-state index in [9.17, 15) is 4.79 Å². The third-order valence-corrected chi connectivity index (χ3v) is 6.77. The highest BCUT2D eigenvalue weighted by Crippen LogP contribution is 2.41. The minimum atomic E-state index is -0.466. The number of carbonyl (C=O) groups is 1. The molecule has 2 aliphatic rings. The van der Waals surface area contributed by atoms with E-state index in [1.165, 1.54) is 0 Å². The molecule has 7 heteroatoms. The first-order valence-electron chi connectivity index (χ1n) is 11.4. The zero-order valence-corrected chi connectivity index (χ0v) is 18.6. The lowest BCUT2D eigenvalue weighted by atomic mass is 9.83. The molecule has 0 N–H and O–H groups in total. The molecule has 2 aliphatic heterocycles. The van der Waals surface area contributed by atoms with Crippen molar-refractivity contribution in [3.63, 3.8) is 0 Å². The van der Waals surface area contributed by atoms with Gasteiger partial charge >= 0.3 is 0 Å². The molecule has 0 aliphatic carbocycles. The van der Waals surface area contributed by atoms with Crippen LogP contribution < -0.4 is 0 Å². The number of likely N-dealkylation sites (tertiary alicyclic amines) is 1. The average molecular weight is 440 g/mol. The van der Waals surface area contributed by atoms with E-state index in [2.05, 4.69) is 9.97 Å². The number of amides is 1. The molecule has 0 radical (unpaired) electrons. The van der Waals surface area contributed by atoms with E-state index in [0.29, 0.717) is 43.7 Å². The molecule has 6 rings (SSSR count). The van der Waals surface area contributed by atoms with E-state index in [-0.39, 0.29) is 5.91 Å². The molecule has 1 spiro atoms. The third kappa shape index (κ3) is 3.40. The minimum Gasteiger partial charge on any atom is -0.368 e. The highest BCUT2D eigenvalue weighted by molar-refractivity contribution is 5.99. The number of rotatable bonds is 2. The Hall–Kier alpha value is -3.58. The van der Waals surface area contributed by atoms with Gasteiger partial charge in [-0.1, -0.05) is 30.3 Å². The number of hydrogen-bond acceptors (Lipinski definition) is 5. The molecule has 4 aromatic rings. The highest BCUT2D eigenvalue weighted by Gasteiger charge is 2.43.